The summed E-state index contributed by atoms with van der Waals surface area (Å²) in [7, 11) is 0. The summed E-state index contributed by atoms with van der Waals surface area (Å²) in [5.41, 5.74) is 0.621. The second-order valence-electron chi connectivity index (χ2n) is 2.75. The number of nitrogens with zero attached hydrogens (tertiary/aromatic N) is 1. The normalized spacial score (nSPS) is 10.7. The van der Waals surface area contributed by atoms with Crippen LogP contribution in [0.2, 0.25) is 5.02 Å². The molecule has 0 radical (unpaired) electrons. The van der Waals surface area contributed by atoms with Crippen molar-refractivity contribution in [3.63, 3.8) is 0 Å². The van der Waals surface area contributed by atoms with E-state index < -0.39 is 11.6 Å². The third kappa shape index (κ3) is 1.89. The van der Waals surface area contributed by atoms with E-state index in [0.717, 1.165) is 12.1 Å². The van der Waals surface area contributed by atoms with Crippen LogP contribution in [0.5, 0.6) is 0 Å². The number of rotatable bonds is 1. The predicted molar refractivity (Wildman–Crippen MR) is 54.6 cm³/mol. The summed E-state index contributed by atoms with van der Waals surface area (Å²) in [6.07, 6.45) is 0. The Balaban J connectivity index is 2.55. The van der Waals surface area contributed by atoms with Crippen molar-refractivity contribution in [2.24, 2.45) is 0 Å². The molecule has 2 aromatic rings. The van der Waals surface area contributed by atoms with Gasteiger partial charge in [-0.2, -0.15) is 0 Å². The Kier molecular flexibility index (Phi) is 2.75. The molecule has 0 fully saturated rings. The Morgan fingerprint density at radius 1 is 1.27 bits per heavy atom. The Bertz CT molecular complexity index is 515. The van der Waals surface area contributed by atoms with Crippen LogP contribution in [0.25, 0.3) is 11.3 Å². The van der Waals surface area contributed by atoms with Crippen LogP contribution in [0.15, 0.2) is 27.4 Å². The van der Waals surface area contributed by atoms with E-state index in [-0.39, 0.29) is 15.4 Å². The van der Waals surface area contributed by atoms with E-state index in [4.69, 9.17) is 16.1 Å². The van der Waals surface area contributed by atoms with Gasteiger partial charge in [0.15, 0.2) is 11.6 Å². The number of hydrogen-bond acceptors (Lipinski definition) is 2. The first-order valence-corrected chi connectivity index (χ1v) is 5.03. The van der Waals surface area contributed by atoms with Crippen LogP contribution in [0.1, 0.15) is 0 Å². The minimum absolute atomic E-state index is 0.223. The average Bonchev–Trinajstić information content (AvgIpc) is 2.53. The Morgan fingerprint density at radius 3 is 2.53 bits per heavy atom. The van der Waals surface area contributed by atoms with E-state index in [0.29, 0.717) is 5.56 Å². The van der Waals surface area contributed by atoms with E-state index in [2.05, 4.69) is 21.1 Å². The van der Waals surface area contributed by atoms with Gasteiger partial charge in [0.25, 0.3) is 0 Å². The molecule has 0 saturated heterocycles. The zero-order valence-corrected chi connectivity index (χ0v) is 9.44. The molecule has 2 nitrogen and oxygen atoms in total. The van der Waals surface area contributed by atoms with Gasteiger partial charge in [-0.25, -0.2) is 8.78 Å². The molecule has 0 atom stereocenters. The highest BCUT2D eigenvalue weighted by atomic mass is 79.9. The molecular formula is C9H3BrClF2NO. The molecule has 1 aromatic carbocycles. The molecule has 0 amide bonds. The SMILES string of the molecule is Fc1ccc(-c2noc(Br)c2Cl)cc1F. The lowest BCUT2D eigenvalue weighted by atomic mass is 10.1. The van der Waals surface area contributed by atoms with Crippen LogP contribution in [-0.2, 0) is 0 Å². The molecule has 0 aliphatic rings. The van der Waals surface area contributed by atoms with Crippen molar-refractivity contribution in [1.82, 2.24) is 5.16 Å². The lowest BCUT2D eigenvalue weighted by Gasteiger charge is -1.97. The van der Waals surface area contributed by atoms with E-state index in [1.165, 1.54) is 6.07 Å². The Labute approximate surface area is 97.0 Å². The summed E-state index contributed by atoms with van der Waals surface area (Å²) in [6.45, 7) is 0. The van der Waals surface area contributed by atoms with Gasteiger partial charge in [-0.15, -0.1) is 0 Å². The Hall–Kier alpha value is -0.940. The zero-order chi connectivity index (χ0) is 11.0. The highest BCUT2D eigenvalue weighted by Crippen LogP contribution is 2.33. The first kappa shape index (κ1) is 10.6. The monoisotopic (exact) mass is 293 g/mol. The molecule has 0 bridgehead atoms. The van der Waals surface area contributed by atoms with Crippen molar-refractivity contribution in [3.8, 4) is 11.3 Å². The molecule has 78 valence electrons. The smallest absolute Gasteiger partial charge is 0.221 e. The van der Waals surface area contributed by atoms with Gasteiger partial charge in [0.05, 0.1) is 0 Å². The minimum atomic E-state index is -0.956. The number of hydrogen-bond donors (Lipinski definition) is 0. The summed E-state index contributed by atoms with van der Waals surface area (Å²) in [4.78, 5) is 0. The molecule has 0 aliphatic heterocycles. The van der Waals surface area contributed by atoms with Crippen LogP contribution >= 0.6 is 27.5 Å². The van der Waals surface area contributed by atoms with Crippen molar-refractivity contribution in [2.45, 2.75) is 0 Å². The number of aromatic nitrogens is 1. The second kappa shape index (κ2) is 3.90. The third-order valence-corrected chi connectivity index (χ3v) is 2.91. The number of halogens is 4. The summed E-state index contributed by atoms with van der Waals surface area (Å²) in [6, 6.07) is 3.38. The highest BCUT2D eigenvalue weighted by molar-refractivity contribution is 9.10. The molecular weight excluding hydrogens is 291 g/mol. The van der Waals surface area contributed by atoms with Crippen LogP contribution < -0.4 is 0 Å². The van der Waals surface area contributed by atoms with Gasteiger partial charge in [-0.1, -0.05) is 16.8 Å². The van der Waals surface area contributed by atoms with E-state index in [9.17, 15) is 8.78 Å². The molecule has 1 aromatic heterocycles. The lowest BCUT2D eigenvalue weighted by molar-refractivity contribution is 0.402. The topological polar surface area (TPSA) is 26.0 Å². The van der Waals surface area contributed by atoms with Crippen LogP contribution in [0.3, 0.4) is 0 Å². The van der Waals surface area contributed by atoms with Crippen LogP contribution in [-0.4, -0.2) is 5.16 Å². The molecule has 15 heavy (non-hydrogen) atoms. The van der Waals surface area contributed by atoms with Gasteiger partial charge >= 0.3 is 0 Å². The summed E-state index contributed by atoms with van der Waals surface area (Å²) >= 11 is 8.83. The number of benzene rings is 1. The molecule has 6 heteroatoms. The van der Waals surface area contributed by atoms with E-state index in [1.54, 1.807) is 0 Å². The first-order chi connectivity index (χ1) is 7.09. The van der Waals surface area contributed by atoms with E-state index >= 15 is 0 Å². The van der Waals surface area contributed by atoms with Crippen molar-refractivity contribution in [3.05, 3.63) is 39.5 Å². The average molecular weight is 294 g/mol. The fourth-order valence-electron chi connectivity index (χ4n) is 1.08. The summed E-state index contributed by atoms with van der Waals surface area (Å²) < 4.78 is 30.6. The zero-order valence-electron chi connectivity index (χ0n) is 7.10. The maximum Gasteiger partial charge on any atom is 0.221 e. The maximum absolute atomic E-state index is 12.9. The fraction of sp³-hybridized carbons (Fsp3) is 0. The molecule has 0 aliphatic carbocycles. The first-order valence-electron chi connectivity index (χ1n) is 3.85. The van der Waals surface area contributed by atoms with Crippen molar-refractivity contribution in [1.29, 1.82) is 0 Å². The molecule has 2 rings (SSSR count). The van der Waals surface area contributed by atoms with Crippen molar-refractivity contribution < 1.29 is 13.3 Å². The van der Waals surface area contributed by atoms with Crippen molar-refractivity contribution in [2.75, 3.05) is 0 Å². The maximum atomic E-state index is 12.9. The lowest BCUT2D eigenvalue weighted by Crippen LogP contribution is -1.85. The molecule has 0 spiro atoms. The molecule has 0 saturated carbocycles. The largest absolute Gasteiger partial charge is 0.347 e. The van der Waals surface area contributed by atoms with Gasteiger partial charge in [0.1, 0.15) is 10.7 Å². The second-order valence-corrected chi connectivity index (χ2v) is 3.85. The van der Waals surface area contributed by atoms with Gasteiger partial charge in [0.2, 0.25) is 4.67 Å². The molecule has 0 N–H and O–H groups in total. The minimum Gasteiger partial charge on any atom is -0.347 e. The fourth-order valence-corrected chi connectivity index (χ4v) is 1.52. The molecule has 1 heterocycles. The van der Waals surface area contributed by atoms with Gasteiger partial charge in [0, 0.05) is 5.56 Å². The quantitative estimate of drug-likeness (QED) is 0.793. The third-order valence-electron chi connectivity index (χ3n) is 1.79. The standard InChI is InChI=1S/C9H3BrClF2NO/c10-9-7(11)8(14-15-9)4-1-2-5(12)6(13)3-4/h1-3H. The van der Waals surface area contributed by atoms with Crippen LogP contribution in [0.4, 0.5) is 8.78 Å². The van der Waals surface area contributed by atoms with Gasteiger partial charge in [-0.05, 0) is 34.1 Å². The highest BCUT2D eigenvalue weighted by Gasteiger charge is 2.15. The molecule has 0 unspecified atom stereocenters. The summed E-state index contributed by atoms with van der Waals surface area (Å²) in [5, 5.41) is 3.84. The van der Waals surface area contributed by atoms with Crippen LogP contribution in [0, 0.1) is 11.6 Å². The van der Waals surface area contributed by atoms with Crippen molar-refractivity contribution >= 4 is 27.5 Å². The van der Waals surface area contributed by atoms with Gasteiger partial charge < -0.3 is 4.52 Å². The predicted octanol–water partition coefficient (Wildman–Crippen LogP) is 4.04. The van der Waals surface area contributed by atoms with E-state index in [1.807, 2.05) is 0 Å². The van der Waals surface area contributed by atoms with Gasteiger partial charge in [-0.3, -0.25) is 0 Å². The Morgan fingerprint density at radius 2 is 2.00 bits per heavy atom. The summed E-state index contributed by atoms with van der Waals surface area (Å²) in [5.74, 6) is -1.87.